The van der Waals surface area contributed by atoms with Crippen molar-refractivity contribution in [3.63, 3.8) is 0 Å². The van der Waals surface area contributed by atoms with Crippen molar-refractivity contribution < 1.29 is 9.21 Å². The highest BCUT2D eigenvalue weighted by Crippen LogP contribution is 2.35. The molecule has 3 N–H and O–H groups in total. The summed E-state index contributed by atoms with van der Waals surface area (Å²) in [6, 6.07) is 13.5. The fourth-order valence-corrected chi connectivity index (χ4v) is 4.13. The Kier molecular flexibility index (Phi) is 4.63. The highest BCUT2D eigenvalue weighted by molar-refractivity contribution is 5.93. The van der Waals surface area contributed by atoms with Gasteiger partial charge in [-0.2, -0.15) is 5.10 Å². The van der Waals surface area contributed by atoms with Crippen molar-refractivity contribution in [1.29, 1.82) is 0 Å². The average Bonchev–Trinajstić information content (AvgIpc) is 3.52. The lowest BCUT2D eigenvalue weighted by Crippen LogP contribution is -2.31. The molecule has 1 aromatic carbocycles. The number of para-hydroxylation sites is 2. The summed E-state index contributed by atoms with van der Waals surface area (Å²) < 4.78 is 5.32. The number of benzene rings is 1. The van der Waals surface area contributed by atoms with Gasteiger partial charge >= 0.3 is 0 Å². The normalized spacial score (nSPS) is 19.4. The van der Waals surface area contributed by atoms with Crippen molar-refractivity contribution in [3.8, 4) is 11.5 Å². The molecule has 0 bridgehead atoms. The van der Waals surface area contributed by atoms with E-state index < -0.39 is 0 Å². The van der Waals surface area contributed by atoms with E-state index in [1.165, 1.54) is 0 Å². The first-order valence-electron chi connectivity index (χ1n) is 10.1. The number of H-pyrrole nitrogens is 2. The molecule has 3 aromatic heterocycles. The smallest absolute Gasteiger partial charge is 0.271 e. The number of furan rings is 1. The van der Waals surface area contributed by atoms with Gasteiger partial charge in [0, 0.05) is 18.5 Å². The lowest BCUT2D eigenvalue weighted by molar-refractivity contribution is 0.0937. The monoisotopic (exact) mass is 389 g/mol. The van der Waals surface area contributed by atoms with Gasteiger partial charge in [-0.1, -0.05) is 12.1 Å². The number of aromatic amines is 2. The average molecular weight is 389 g/mol. The lowest BCUT2D eigenvalue weighted by Gasteiger charge is -2.27. The Morgan fingerprint density at radius 2 is 2.00 bits per heavy atom. The van der Waals surface area contributed by atoms with E-state index in [0.717, 1.165) is 42.5 Å². The zero-order valence-corrected chi connectivity index (χ0v) is 16.0. The zero-order chi connectivity index (χ0) is 19.6. The standard InChI is InChI=1S/C22H23N5O2/c28-22(19-12-18(26-27-19)20-6-3-11-29-20)23-13-14-7-9-15(10-8-14)21-24-16-4-1-2-5-17(16)25-21/h1-6,11-12,14-15H,7-10,13H2,(H,23,28)(H,24,25)(H,26,27). The molecular formula is C22H23N5O2. The fraction of sp³-hybridized carbons (Fsp3) is 0.318. The molecule has 0 spiro atoms. The van der Waals surface area contributed by atoms with Crippen LogP contribution in [0.15, 0.2) is 53.1 Å². The van der Waals surface area contributed by atoms with Crippen LogP contribution in [-0.2, 0) is 0 Å². The molecule has 3 heterocycles. The summed E-state index contributed by atoms with van der Waals surface area (Å²) in [4.78, 5) is 20.6. The molecule has 148 valence electrons. The molecular weight excluding hydrogens is 366 g/mol. The van der Waals surface area contributed by atoms with Crippen LogP contribution >= 0.6 is 0 Å². The number of hydrogen-bond acceptors (Lipinski definition) is 4. The quantitative estimate of drug-likeness (QED) is 0.475. The molecule has 7 nitrogen and oxygen atoms in total. The Morgan fingerprint density at radius 1 is 1.14 bits per heavy atom. The molecule has 1 amide bonds. The maximum Gasteiger partial charge on any atom is 0.271 e. The molecule has 29 heavy (non-hydrogen) atoms. The van der Waals surface area contributed by atoms with Gasteiger partial charge in [-0.05, 0) is 55.9 Å². The van der Waals surface area contributed by atoms with Gasteiger partial charge in [0.1, 0.15) is 11.5 Å². The number of carbonyl (C=O) groups excluding carboxylic acids is 1. The van der Waals surface area contributed by atoms with E-state index in [-0.39, 0.29) is 5.91 Å². The second-order valence-corrected chi connectivity index (χ2v) is 7.71. The first-order chi connectivity index (χ1) is 14.3. The van der Waals surface area contributed by atoms with Crippen LogP contribution < -0.4 is 5.32 Å². The Balaban J connectivity index is 1.13. The minimum atomic E-state index is -0.154. The van der Waals surface area contributed by atoms with Crippen LogP contribution in [-0.4, -0.2) is 32.6 Å². The maximum atomic E-state index is 12.4. The van der Waals surface area contributed by atoms with Crippen LogP contribution in [0.5, 0.6) is 0 Å². The molecule has 1 saturated carbocycles. The zero-order valence-electron chi connectivity index (χ0n) is 16.0. The predicted octanol–water partition coefficient (Wildman–Crippen LogP) is 4.25. The van der Waals surface area contributed by atoms with Crippen molar-refractivity contribution in [2.45, 2.75) is 31.6 Å². The van der Waals surface area contributed by atoms with Crippen molar-refractivity contribution >= 4 is 16.9 Å². The van der Waals surface area contributed by atoms with E-state index in [0.29, 0.717) is 35.5 Å². The molecule has 1 aliphatic rings. The van der Waals surface area contributed by atoms with Crippen molar-refractivity contribution in [1.82, 2.24) is 25.5 Å². The number of carbonyl (C=O) groups is 1. The molecule has 7 heteroatoms. The van der Waals surface area contributed by atoms with Gasteiger partial charge in [0.15, 0.2) is 11.5 Å². The van der Waals surface area contributed by atoms with Gasteiger partial charge in [-0.25, -0.2) is 4.98 Å². The molecule has 1 fully saturated rings. The van der Waals surface area contributed by atoms with Gasteiger partial charge in [-0.3, -0.25) is 9.89 Å². The first-order valence-corrected chi connectivity index (χ1v) is 10.1. The van der Waals surface area contributed by atoms with Gasteiger partial charge < -0.3 is 14.7 Å². The van der Waals surface area contributed by atoms with Crippen LogP contribution in [0, 0.1) is 5.92 Å². The number of nitrogens with one attached hydrogen (secondary N) is 3. The topological polar surface area (TPSA) is 99.6 Å². The highest BCUT2D eigenvalue weighted by atomic mass is 16.3. The van der Waals surface area contributed by atoms with E-state index in [1.54, 1.807) is 18.4 Å². The molecule has 1 aliphatic carbocycles. The summed E-state index contributed by atoms with van der Waals surface area (Å²) in [7, 11) is 0. The molecule has 5 rings (SSSR count). The SMILES string of the molecule is O=C(NCC1CCC(c2nc3ccccc3[nH]2)CC1)c1cc(-c2ccco2)[nH]n1. The number of aromatic nitrogens is 4. The van der Waals surface area contributed by atoms with Crippen LogP contribution in [0.2, 0.25) is 0 Å². The summed E-state index contributed by atoms with van der Waals surface area (Å²) in [6.07, 6.45) is 5.94. The van der Waals surface area contributed by atoms with E-state index in [4.69, 9.17) is 9.40 Å². The van der Waals surface area contributed by atoms with Crippen LogP contribution in [0.1, 0.15) is 47.9 Å². The number of nitrogens with zero attached hydrogens (tertiary/aromatic N) is 2. The molecule has 0 aliphatic heterocycles. The number of fused-ring (bicyclic) bond motifs is 1. The highest BCUT2D eigenvalue weighted by Gasteiger charge is 2.25. The summed E-state index contributed by atoms with van der Waals surface area (Å²) in [5.74, 6) is 2.56. The van der Waals surface area contributed by atoms with Gasteiger partial charge in [0.2, 0.25) is 0 Å². The van der Waals surface area contributed by atoms with Crippen molar-refractivity contribution in [3.05, 3.63) is 60.2 Å². The van der Waals surface area contributed by atoms with E-state index in [1.807, 2.05) is 24.3 Å². The van der Waals surface area contributed by atoms with Gasteiger partial charge in [-0.15, -0.1) is 0 Å². The Labute approximate surface area is 167 Å². The third kappa shape index (κ3) is 3.68. The molecule has 0 saturated heterocycles. The summed E-state index contributed by atoms with van der Waals surface area (Å²) in [5, 5.41) is 9.97. The Hall–Kier alpha value is -3.35. The molecule has 0 atom stereocenters. The van der Waals surface area contributed by atoms with Gasteiger partial charge in [0.25, 0.3) is 5.91 Å². The van der Waals surface area contributed by atoms with E-state index in [9.17, 15) is 4.79 Å². The number of hydrogen-bond donors (Lipinski definition) is 3. The maximum absolute atomic E-state index is 12.4. The van der Waals surface area contributed by atoms with Gasteiger partial charge in [0.05, 0.1) is 17.3 Å². The molecule has 0 unspecified atom stereocenters. The van der Waals surface area contributed by atoms with E-state index in [2.05, 4.69) is 26.6 Å². The summed E-state index contributed by atoms with van der Waals surface area (Å²) >= 11 is 0. The lowest BCUT2D eigenvalue weighted by atomic mass is 9.81. The summed E-state index contributed by atoms with van der Waals surface area (Å²) in [5.41, 5.74) is 3.22. The fourth-order valence-electron chi connectivity index (χ4n) is 4.13. The van der Waals surface area contributed by atoms with Crippen molar-refractivity contribution in [2.75, 3.05) is 6.54 Å². The number of amides is 1. The minimum absolute atomic E-state index is 0.154. The third-order valence-electron chi connectivity index (χ3n) is 5.79. The van der Waals surface area contributed by atoms with Crippen LogP contribution in [0.3, 0.4) is 0 Å². The Bertz CT molecular complexity index is 1070. The van der Waals surface area contributed by atoms with E-state index >= 15 is 0 Å². The second-order valence-electron chi connectivity index (χ2n) is 7.71. The largest absolute Gasteiger partial charge is 0.463 e. The second kappa shape index (κ2) is 7.58. The first kappa shape index (κ1) is 17.7. The number of imidazole rings is 1. The number of rotatable bonds is 5. The molecule has 0 radical (unpaired) electrons. The predicted molar refractivity (Wildman–Crippen MR) is 109 cm³/mol. The van der Waals surface area contributed by atoms with Crippen LogP contribution in [0.25, 0.3) is 22.5 Å². The summed E-state index contributed by atoms with van der Waals surface area (Å²) in [6.45, 7) is 0.675. The van der Waals surface area contributed by atoms with Crippen molar-refractivity contribution in [2.24, 2.45) is 5.92 Å². The third-order valence-corrected chi connectivity index (χ3v) is 5.79. The minimum Gasteiger partial charge on any atom is -0.463 e. The van der Waals surface area contributed by atoms with Crippen LogP contribution in [0.4, 0.5) is 0 Å². The molecule has 4 aromatic rings. The Morgan fingerprint density at radius 3 is 2.79 bits per heavy atom.